The molecule has 18 heavy (non-hydrogen) atoms. The number of likely N-dealkylation sites (tertiary alicyclic amines) is 1. The molecule has 0 bridgehead atoms. The Morgan fingerprint density at radius 3 is 2.39 bits per heavy atom. The Bertz CT molecular complexity index is 353. The van der Waals surface area contributed by atoms with E-state index in [1.54, 1.807) is 12.4 Å². The number of hydrogen-bond acceptors (Lipinski definition) is 6. The van der Waals surface area contributed by atoms with Gasteiger partial charge in [0.25, 0.3) is 0 Å². The zero-order valence-electron chi connectivity index (χ0n) is 10.5. The molecule has 6 nitrogen and oxygen atoms in total. The maximum atomic E-state index is 10.5. The third-order valence-corrected chi connectivity index (χ3v) is 2.89. The summed E-state index contributed by atoms with van der Waals surface area (Å²) in [6, 6.07) is 0. The third-order valence-electron chi connectivity index (χ3n) is 2.89. The number of anilines is 1. The molecule has 1 aliphatic rings. The second-order valence-electron chi connectivity index (χ2n) is 4.12. The van der Waals surface area contributed by atoms with Crippen LogP contribution in [-0.4, -0.2) is 39.7 Å². The standard InChI is InChI=1S/C11H15N4O.Li.H2O/c12-11-13-5-10(6-14-11)7-15-3-1-9(8-16)2-4-15;;/h5-6,9H,1-4,7H2,(H2,12,13,14);;1H2/q-1;+1;/p-1. The van der Waals surface area contributed by atoms with Gasteiger partial charge in [-0.15, -0.1) is 5.92 Å². The van der Waals surface area contributed by atoms with Gasteiger partial charge in [-0.25, -0.2) is 9.97 Å². The van der Waals surface area contributed by atoms with Crippen molar-refractivity contribution in [1.82, 2.24) is 14.9 Å². The molecule has 1 aromatic rings. The largest absolute Gasteiger partial charge is 1.00 e. The fourth-order valence-corrected chi connectivity index (χ4v) is 1.91. The van der Waals surface area contributed by atoms with Crippen LogP contribution in [0.3, 0.4) is 0 Å². The van der Waals surface area contributed by atoms with Crippen molar-refractivity contribution in [1.29, 1.82) is 0 Å². The van der Waals surface area contributed by atoms with Gasteiger partial charge in [0, 0.05) is 24.5 Å². The molecule has 1 aliphatic heterocycles. The predicted molar refractivity (Wildman–Crippen MR) is 62.1 cm³/mol. The summed E-state index contributed by atoms with van der Waals surface area (Å²) in [7, 11) is 0. The summed E-state index contributed by atoms with van der Waals surface area (Å²) in [4.78, 5) is 20.7. The molecular formula is C11H16LiN4O2-. The molecule has 7 heteroatoms. The molecule has 0 saturated carbocycles. The maximum absolute atomic E-state index is 10.5. The quantitative estimate of drug-likeness (QED) is 0.454. The summed E-state index contributed by atoms with van der Waals surface area (Å²) >= 11 is 0. The summed E-state index contributed by atoms with van der Waals surface area (Å²) in [5.41, 5.74) is 6.48. The van der Waals surface area contributed by atoms with Gasteiger partial charge in [-0.05, 0) is 13.1 Å². The molecule has 0 spiro atoms. The van der Waals surface area contributed by atoms with Crippen LogP contribution < -0.4 is 24.6 Å². The maximum Gasteiger partial charge on any atom is 1.00 e. The normalized spacial score (nSPS) is 16.4. The van der Waals surface area contributed by atoms with Crippen LogP contribution in [0.4, 0.5) is 5.95 Å². The first kappa shape index (κ1) is 17.1. The van der Waals surface area contributed by atoms with E-state index < -0.39 is 0 Å². The van der Waals surface area contributed by atoms with Crippen molar-refractivity contribution in [3.8, 4) is 0 Å². The van der Waals surface area contributed by atoms with Gasteiger partial charge in [0.15, 0.2) is 0 Å². The van der Waals surface area contributed by atoms with Gasteiger partial charge in [0.1, 0.15) is 0 Å². The Hall–Kier alpha value is -0.933. The molecule has 0 aliphatic carbocycles. The molecule has 0 atom stereocenters. The van der Waals surface area contributed by atoms with Crippen molar-refractivity contribution in [3.05, 3.63) is 18.0 Å². The molecule has 0 amide bonds. The van der Waals surface area contributed by atoms with E-state index in [4.69, 9.17) is 5.73 Å². The molecule has 1 fully saturated rings. The molecule has 0 radical (unpaired) electrons. The molecule has 2 heterocycles. The van der Waals surface area contributed by atoms with Gasteiger partial charge in [-0.3, -0.25) is 11.2 Å². The van der Waals surface area contributed by atoms with Gasteiger partial charge in [-0.1, -0.05) is 12.8 Å². The molecule has 2 rings (SSSR count). The van der Waals surface area contributed by atoms with E-state index in [1.165, 1.54) is 0 Å². The predicted octanol–water partition coefficient (Wildman–Crippen LogP) is -2.79. The molecule has 0 unspecified atom stereocenters. The number of piperidine rings is 1. The van der Waals surface area contributed by atoms with E-state index in [0.29, 0.717) is 5.95 Å². The summed E-state index contributed by atoms with van der Waals surface area (Å²) < 4.78 is 0. The zero-order chi connectivity index (χ0) is 11.4. The van der Waals surface area contributed by atoms with Crippen molar-refractivity contribution in [2.75, 3.05) is 18.8 Å². The fourth-order valence-electron chi connectivity index (χ4n) is 1.91. The smallest absolute Gasteiger partial charge is 0.870 e. The van der Waals surface area contributed by atoms with Crippen molar-refractivity contribution < 1.29 is 29.1 Å². The minimum atomic E-state index is 0. The van der Waals surface area contributed by atoms with Crippen molar-refractivity contribution in [2.24, 2.45) is 5.92 Å². The molecule has 94 valence electrons. The van der Waals surface area contributed by atoms with Gasteiger partial charge < -0.3 is 16.0 Å². The third kappa shape index (κ3) is 4.75. The number of nitrogens with two attached hydrogens (primary N) is 1. The minimum absolute atomic E-state index is 0. The number of rotatable bonds is 3. The van der Waals surface area contributed by atoms with E-state index in [2.05, 4.69) is 21.2 Å². The Kier molecular flexibility index (Phi) is 7.79. The molecule has 3 N–H and O–H groups in total. The van der Waals surface area contributed by atoms with Crippen LogP contribution in [0.25, 0.3) is 0 Å². The van der Waals surface area contributed by atoms with Crippen LogP contribution in [0, 0.1) is 5.92 Å². The SMILES string of the molecule is Nc1ncc(CN2CCC([C-]=O)CC2)cn1.[Li+].[OH-]. The van der Waals surface area contributed by atoms with Gasteiger partial charge >= 0.3 is 18.9 Å². The van der Waals surface area contributed by atoms with Gasteiger partial charge in [0.05, 0.1) is 0 Å². The van der Waals surface area contributed by atoms with Gasteiger partial charge in [0.2, 0.25) is 5.95 Å². The van der Waals surface area contributed by atoms with Crippen molar-refractivity contribution >= 4 is 12.2 Å². The van der Waals surface area contributed by atoms with E-state index in [9.17, 15) is 4.79 Å². The zero-order valence-corrected chi connectivity index (χ0v) is 10.5. The Labute approximate surface area is 118 Å². The summed E-state index contributed by atoms with van der Waals surface area (Å²) in [5, 5.41) is 0. The van der Waals surface area contributed by atoms with Crippen LogP contribution in [0.5, 0.6) is 0 Å². The minimum Gasteiger partial charge on any atom is -0.870 e. The Morgan fingerprint density at radius 1 is 1.33 bits per heavy atom. The first-order valence-corrected chi connectivity index (χ1v) is 5.44. The molecule has 1 saturated heterocycles. The average molecular weight is 243 g/mol. The molecule has 1 aromatic heterocycles. The second-order valence-corrected chi connectivity index (χ2v) is 4.12. The van der Waals surface area contributed by atoms with E-state index in [1.807, 2.05) is 0 Å². The average Bonchev–Trinajstić information content (AvgIpc) is 2.33. The Morgan fingerprint density at radius 2 is 1.89 bits per heavy atom. The summed E-state index contributed by atoms with van der Waals surface area (Å²) in [6.07, 6.45) is 7.38. The number of aromatic nitrogens is 2. The Balaban J connectivity index is 0.00000144. The van der Waals surface area contributed by atoms with Crippen LogP contribution >= 0.6 is 0 Å². The van der Waals surface area contributed by atoms with E-state index >= 15 is 0 Å². The topological polar surface area (TPSA) is 102 Å². The van der Waals surface area contributed by atoms with Crippen LogP contribution in [0.1, 0.15) is 18.4 Å². The number of hydrogen-bond donors (Lipinski definition) is 1. The summed E-state index contributed by atoms with van der Waals surface area (Å²) in [6.45, 7) is 2.69. The van der Waals surface area contributed by atoms with Crippen LogP contribution in [0.15, 0.2) is 12.4 Å². The van der Waals surface area contributed by atoms with Crippen LogP contribution in [-0.2, 0) is 11.3 Å². The fraction of sp³-hybridized carbons (Fsp3) is 0.545. The molecular weight excluding hydrogens is 227 g/mol. The summed E-state index contributed by atoms with van der Waals surface area (Å²) in [5.74, 6) is 0.428. The number of nitrogen functional groups attached to an aromatic ring is 1. The van der Waals surface area contributed by atoms with Gasteiger partial charge in [-0.2, -0.15) is 0 Å². The van der Waals surface area contributed by atoms with E-state index in [-0.39, 0.29) is 30.3 Å². The molecule has 0 aromatic carbocycles. The first-order chi connectivity index (χ1) is 7.78. The monoisotopic (exact) mass is 243 g/mol. The van der Waals surface area contributed by atoms with Crippen molar-refractivity contribution in [2.45, 2.75) is 19.4 Å². The van der Waals surface area contributed by atoms with Crippen molar-refractivity contribution in [3.63, 3.8) is 0 Å². The number of carbonyl (C=O) groups excluding carboxylic acids is 1. The second kappa shape index (κ2) is 8.22. The number of nitrogens with zero attached hydrogens (tertiary/aromatic N) is 3. The van der Waals surface area contributed by atoms with Crippen LogP contribution in [0.2, 0.25) is 0 Å². The van der Waals surface area contributed by atoms with E-state index in [0.717, 1.165) is 38.0 Å². The first-order valence-electron chi connectivity index (χ1n) is 5.44.